The lowest BCUT2D eigenvalue weighted by molar-refractivity contribution is -0.123. The number of anilines is 2. The van der Waals surface area contributed by atoms with Crippen molar-refractivity contribution in [3.05, 3.63) is 11.0 Å². The quantitative estimate of drug-likeness (QED) is 0.769. The minimum atomic E-state index is -0.385. The molecule has 3 heterocycles. The fraction of sp³-hybridized carbons (Fsp3) is 0.615. The Bertz CT molecular complexity index is 566. The number of rotatable bonds is 2. The maximum atomic E-state index is 12.7. The highest BCUT2D eigenvalue weighted by molar-refractivity contribution is 6.28. The highest BCUT2D eigenvalue weighted by atomic mass is 35.5. The normalized spacial score (nSPS) is 22.8. The number of aryl methyl sites for hydroxylation is 1. The van der Waals surface area contributed by atoms with Crippen LogP contribution in [-0.4, -0.2) is 48.7 Å². The number of carbonyl (C=O) groups excluding carboxylic acids is 1. The average Bonchev–Trinajstić information content (AvgIpc) is 2.44. The minimum Gasteiger partial charge on any atom is -0.379 e. The summed E-state index contributed by atoms with van der Waals surface area (Å²) < 4.78 is 5.35. The van der Waals surface area contributed by atoms with Crippen molar-refractivity contribution in [2.24, 2.45) is 0 Å². The lowest BCUT2D eigenvalue weighted by Crippen LogP contribution is -2.58. The summed E-state index contributed by atoms with van der Waals surface area (Å²) in [5.74, 6) is 0.759. The molecule has 0 spiro atoms. The second-order valence-electron chi connectivity index (χ2n) is 5.20. The molecule has 0 aromatic carbocycles. The molecule has 7 heteroatoms. The number of hydrogen-bond acceptors (Lipinski definition) is 5. The molecular weight excluding hydrogens is 280 g/mol. The first-order chi connectivity index (χ1) is 9.54. The van der Waals surface area contributed by atoms with E-state index in [0.29, 0.717) is 12.4 Å². The van der Waals surface area contributed by atoms with E-state index >= 15 is 0 Å². The van der Waals surface area contributed by atoms with Crippen LogP contribution >= 0.6 is 11.6 Å². The van der Waals surface area contributed by atoms with Crippen molar-refractivity contribution in [3.63, 3.8) is 0 Å². The highest BCUT2D eigenvalue weighted by Gasteiger charge is 2.43. The summed E-state index contributed by atoms with van der Waals surface area (Å²) in [6, 6.07) is -0.385. The zero-order valence-corrected chi connectivity index (χ0v) is 12.5. The van der Waals surface area contributed by atoms with Crippen LogP contribution in [0.4, 0.5) is 11.5 Å². The molecule has 0 radical (unpaired) electrons. The molecule has 2 atom stereocenters. The zero-order valence-electron chi connectivity index (χ0n) is 11.8. The Kier molecular flexibility index (Phi) is 3.30. The average molecular weight is 297 g/mol. The molecule has 1 aromatic rings. The van der Waals surface area contributed by atoms with Gasteiger partial charge >= 0.3 is 0 Å². The molecule has 1 amide bonds. The molecule has 0 saturated heterocycles. The number of ether oxygens (including phenoxy) is 1. The van der Waals surface area contributed by atoms with Gasteiger partial charge in [0.25, 0.3) is 5.91 Å². The predicted octanol–water partition coefficient (Wildman–Crippen LogP) is 1.26. The summed E-state index contributed by atoms with van der Waals surface area (Å²) in [4.78, 5) is 24.9. The van der Waals surface area contributed by atoms with Gasteiger partial charge in [-0.3, -0.25) is 4.79 Å². The Morgan fingerprint density at radius 2 is 2.20 bits per heavy atom. The van der Waals surface area contributed by atoms with E-state index in [4.69, 9.17) is 16.3 Å². The van der Waals surface area contributed by atoms with Crippen molar-refractivity contribution in [2.45, 2.75) is 31.9 Å². The smallest absolute Gasteiger partial charge is 0.252 e. The van der Waals surface area contributed by atoms with Gasteiger partial charge in [0.1, 0.15) is 11.7 Å². The molecule has 1 aromatic heterocycles. The van der Waals surface area contributed by atoms with Crippen LogP contribution in [0.1, 0.15) is 19.0 Å². The topological polar surface area (TPSA) is 58.6 Å². The number of hydrogen-bond donors (Lipinski definition) is 0. The minimum absolute atomic E-state index is 0.0428. The number of likely N-dealkylation sites (N-methyl/N-ethyl adjacent to an activating group) is 1. The Hall–Kier alpha value is -1.40. The summed E-state index contributed by atoms with van der Waals surface area (Å²) in [6.07, 6.45) is 1.50. The van der Waals surface area contributed by atoms with Crippen molar-refractivity contribution in [2.75, 3.05) is 30.5 Å². The van der Waals surface area contributed by atoms with Crippen LogP contribution in [0.15, 0.2) is 0 Å². The van der Waals surface area contributed by atoms with Crippen LogP contribution in [0.2, 0.25) is 5.28 Å². The van der Waals surface area contributed by atoms with Gasteiger partial charge < -0.3 is 14.5 Å². The SMILES string of the molecule is CO[C@@H](C)[C@H]1C(=O)N2CCCc3nc(Cl)nc(c32)N1C. The molecule has 0 N–H and O–H groups in total. The van der Waals surface area contributed by atoms with E-state index in [-0.39, 0.29) is 23.3 Å². The Morgan fingerprint density at radius 1 is 1.45 bits per heavy atom. The van der Waals surface area contributed by atoms with Gasteiger partial charge in [0.05, 0.1) is 11.8 Å². The fourth-order valence-corrected chi connectivity index (χ4v) is 3.18. The van der Waals surface area contributed by atoms with Gasteiger partial charge in [-0.05, 0) is 31.4 Å². The van der Waals surface area contributed by atoms with Crippen LogP contribution in [0.5, 0.6) is 0 Å². The predicted molar refractivity (Wildman–Crippen MR) is 76.4 cm³/mol. The van der Waals surface area contributed by atoms with Gasteiger partial charge in [-0.15, -0.1) is 0 Å². The zero-order chi connectivity index (χ0) is 14.4. The molecule has 0 saturated carbocycles. The second kappa shape index (κ2) is 4.86. The molecule has 0 bridgehead atoms. The van der Waals surface area contributed by atoms with E-state index in [0.717, 1.165) is 24.2 Å². The van der Waals surface area contributed by atoms with E-state index in [1.165, 1.54) is 0 Å². The van der Waals surface area contributed by atoms with Crippen molar-refractivity contribution < 1.29 is 9.53 Å². The lowest BCUT2D eigenvalue weighted by Gasteiger charge is -2.44. The van der Waals surface area contributed by atoms with Crippen molar-refractivity contribution >= 4 is 29.0 Å². The molecule has 0 fully saturated rings. The van der Waals surface area contributed by atoms with Crippen LogP contribution in [-0.2, 0) is 16.0 Å². The van der Waals surface area contributed by atoms with E-state index in [9.17, 15) is 4.79 Å². The largest absolute Gasteiger partial charge is 0.379 e. The summed E-state index contributed by atoms with van der Waals surface area (Å²) in [7, 11) is 3.46. The number of halogens is 1. The van der Waals surface area contributed by atoms with Gasteiger partial charge in [0.15, 0.2) is 5.82 Å². The summed E-state index contributed by atoms with van der Waals surface area (Å²) >= 11 is 6.01. The standard InChI is InChI=1S/C13H17ClN4O2/c1-7(20-3)9-12(19)18-6-4-5-8-10(18)11(17(9)2)16-13(14)15-8/h7,9H,4-6H2,1-3H3/t7-,9-/m0/s1. The number of carbonyl (C=O) groups is 1. The molecular formula is C13H17ClN4O2. The van der Waals surface area contributed by atoms with Crippen LogP contribution in [0, 0.1) is 0 Å². The van der Waals surface area contributed by atoms with Gasteiger partial charge in [-0.25, -0.2) is 4.98 Å². The monoisotopic (exact) mass is 296 g/mol. The van der Waals surface area contributed by atoms with Gasteiger partial charge in [-0.1, -0.05) is 0 Å². The Morgan fingerprint density at radius 3 is 2.90 bits per heavy atom. The molecule has 0 aliphatic carbocycles. The Balaban J connectivity index is 2.16. The third-order valence-electron chi connectivity index (χ3n) is 4.06. The molecule has 2 aliphatic rings. The van der Waals surface area contributed by atoms with E-state index in [2.05, 4.69) is 9.97 Å². The van der Waals surface area contributed by atoms with E-state index in [1.807, 2.05) is 18.9 Å². The molecule has 2 aliphatic heterocycles. The summed E-state index contributed by atoms with van der Waals surface area (Å²) in [5, 5.41) is 0.227. The van der Waals surface area contributed by atoms with Crippen molar-refractivity contribution in [1.82, 2.24) is 9.97 Å². The third-order valence-corrected chi connectivity index (χ3v) is 4.23. The maximum absolute atomic E-state index is 12.7. The maximum Gasteiger partial charge on any atom is 0.252 e. The van der Waals surface area contributed by atoms with Crippen LogP contribution in [0.25, 0.3) is 0 Å². The van der Waals surface area contributed by atoms with E-state index < -0.39 is 0 Å². The number of amides is 1. The van der Waals surface area contributed by atoms with Crippen molar-refractivity contribution in [3.8, 4) is 0 Å². The summed E-state index contributed by atoms with van der Waals surface area (Å²) in [6.45, 7) is 2.59. The van der Waals surface area contributed by atoms with Crippen LogP contribution < -0.4 is 9.80 Å². The number of nitrogens with zero attached hydrogens (tertiary/aromatic N) is 4. The first-order valence-electron chi connectivity index (χ1n) is 6.68. The Labute approximate surface area is 122 Å². The fourth-order valence-electron chi connectivity index (χ4n) is 2.99. The first kappa shape index (κ1) is 13.6. The summed E-state index contributed by atoms with van der Waals surface area (Å²) in [5.41, 5.74) is 1.67. The molecule has 0 unspecified atom stereocenters. The third kappa shape index (κ3) is 1.86. The van der Waals surface area contributed by atoms with Gasteiger partial charge in [0, 0.05) is 20.7 Å². The first-order valence-corrected chi connectivity index (χ1v) is 7.05. The molecule has 108 valence electrons. The molecule has 6 nitrogen and oxygen atoms in total. The highest BCUT2D eigenvalue weighted by Crippen LogP contribution is 2.40. The second-order valence-corrected chi connectivity index (χ2v) is 5.54. The number of methoxy groups -OCH3 is 1. The van der Waals surface area contributed by atoms with Crippen LogP contribution in [0.3, 0.4) is 0 Å². The van der Waals surface area contributed by atoms with Crippen molar-refractivity contribution in [1.29, 1.82) is 0 Å². The van der Waals surface area contributed by atoms with Gasteiger partial charge in [-0.2, -0.15) is 4.98 Å². The molecule has 20 heavy (non-hydrogen) atoms. The van der Waals surface area contributed by atoms with Gasteiger partial charge in [0.2, 0.25) is 5.28 Å². The molecule has 3 rings (SSSR count). The lowest BCUT2D eigenvalue weighted by atomic mass is 10.00. The number of aromatic nitrogens is 2. The van der Waals surface area contributed by atoms with E-state index in [1.54, 1.807) is 12.0 Å².